The minimum atomic E-state index is -3.23. The average molecular weight is 781 g/mol. The highest BCUT2D eigenvalue weighted by Crippen LogP contribution is 2.59. The first-order chi connectivity index (χ1) is 25.8. The lowest BCUT2D eigenvalue weighted by Crippen LogP contribution is -2.61. The number of ether oxygens (including phenoxy) is 2. The molecule has 1 saturated heterocycles. The van der Waals surface area contributed by atoms with Crippen molar-refractivity contribution >= 4 is 40.2 Å². The number of hydrogen-bond acceptors (Lipinski definition) is 10. The van der Waals surface area contributed by atoms with Gasteiger partial charge >= 0.3 is 12.1 Å². The fourth-order valence-electron chi connectivity index (χ4n) is 8.00. The zero-order valence-electron chi connectivity index (χ0n) is 31.7. The van der Waals surface area contributed by atoms with Crippen molar-refractivity contribution in [2.75, 3.05) is 20.3 Å². The Morgan fingerprint density at radius 1 is 1.18 bits per heavy atom. The minimum absolute atomic E-state index is 0.0187. The number of alkyl halides is 2. The van der Waals surface area contributed by atoms with Gasteiger partial charge in [0, 0.05) is 60.3 Å². The lowest BCUT2D eigenvalue weighted by molar-refractivity contribution is -0.148. The van der Waals surface area contributed by atoms with Crippen LogP contribution in [0.2, 0.25) is 0 Å². The number of hydrogen-bond donors (Lipinski definition) is 4. The van der Waals surface area contributed by atoms with Gasteiger partial charge in [-0.25, -0.2) is 24.0 Å². The third-order valence-electron chi connectivity index (χ3n) is 10.7. The first kappa shape index (κ1) is 38.8. The van der Waals surface area contributed by atoms with Crippen LogP contribution in [0.15, 0.2) is 41.9 Å². The molecule has 0 radical (unpaired) electrons. The van der Waals surface area contributed by atoms with Gasteiger partial charge in [-0.3, -0.25) is 19.6 Å². The molecule has 1 saturated carbocycles. The number of nitrogens with one attached hydrogen (secondary N) is 2. The Balaban J connectivity index is 1.23. The largest absolute Gasteiger partial charge is 0.480 e. The molecule has 0 bridgehead atoms. The summed E-state index contributed by atoms with van der Waals surface area (Å²) >= 11 is 1.26. The van der Waals surface area contributed by atoms with Crippen LogP contribution in [0.1, 0.15) is 70.0 Å². The number of carboxylic acid groups (broad SMARTS) is 1. The van der Waals surface area contributed by atoms with E-state index in [2.05, 4.69) is 28.3 Å². The van der Waals surface area contributed by atoms with Gasteiger partial charge < -0.3 is 29.6 Å². The maximum atomic E-state index is 14.5. The second-order valence-electron chi connectivity index (χ2n) is 16.5. The Hall–Kier alpha value is -4.51. The number of rotatable bonds is 10. The SMILES string of the molecule is CO[C@@H]1c2ncccc2-c2c(CC(C)(C)CO)c3cc(-c4csc(C[C@H](NC(=O)OC(C)(C)C)C(=O)N5CC6C([C@@H](C(=O)O)N5)C6(F)F)n4)ccc3n2C1C. The quantitative estimate of drug-likeness (QED) is 0.155. The number of methoxy groups -OCH3 is 1. The van der Waals surface area contributed by atoms with E-state index in [4.69, 9.17) is 19.4 Å². The van der Waals surface area contributed by atoms with Gasteiger partial charge in [0.05, 0.1) is 40.0 Å². The molecular weight excluding hydrogens is 735 g/mol. The molecule has 3 aromatic heterocycles. The molecule has 55 heavy (non-hydrogen) atoms. The Bertz CT molecular complexity index is 2160. The number of alkyl carbamates (subject to hydrolysis) is 1. The van der Waals surface area contributed by atoms with Crippen LogP contribution < -0.4 is 10.7 Å². The number of aliphatic carboxylic acids is 1. The van der Waals surface area contributed by atoms with E-state index in [1.807, 2.05) is 43.5 Å². The summed E-state index contributed by atoms with van der Waals surface area (Å²) < 4.78 is 42.7. The first-order valence-electron chi connectivity index (χ1n) is 18.2. The molecule has 1 aromatic carbocycles. The number of aliphatic hydroxyl groups excluding tert-OH is 1. The smallest absolute Gasteiger partial charge is 0.408 e. The third-order valence-corrected chi connectivity index (χ3v) is 11.6. The van der Waals surface area contributed by atoms with Crippen molar-refractivity contribution in [3.05, 3.63) is 58.2 Å². The summed E-state index contributed by atoms with van der Waals surface area (Å²) in [6, 6.07) is 6.99. The van der Waals surface area contributed by atoms with E-state index in [-0.39, 0.29) is 25.2 Å². The number of aromatic nitrogens is 3. The van der Waals surface area contributed by atoms with Crippen molar-refractivity contribution in [3.8, 4) is 22.5 Å². The van der Waals surface area contributed by atoms with E-state index in [0.29, 0.717) is 17.1 Å². The van der Waals surface area contributed by atoms with Crippen LogP contribution in [-0.4, -0.2) is 91.6 Å². The standard InChI is InChI=1S/C39H46F2N6O7S/c1-19-33(53-7)30-21(9-8-12-42-30)32-23(15-38(5,6)18-48)22-13-20(10-11-27(22)47(19)32)26-17-55-28(43-26)14-25(44-36(52)54-37(2,3)4)34(49)46-16-24-29(39(24,40)41)31(45-46)35(50)51/h8-13,17,19,24-25,29,31,33,45,48H,14-16,18H2,1-7H3,(H,44,52)(H,50,51)/t19?,24?,25-,29?,31-,33-/m0/s1. The summed E-state index contributed by atoms with van der Waals surface area (Å²) in [6.45, 7) is 10.7. The van der Waals surface area contributed by atoms with Gasteiger partial charge in [0.25, 0.3) is 11.8 Å². The molecule has 3 aliphatic rings. The summed E-state index contributed by atoms with van der Waals surface area (Å²) in [7, 11) is 1.68. The molecule has 0 spiro atoms. The number of carbonyl (C=O) groups is 3. The number of fused-ring (bicyclic) bond motifs is 6. The second-order valence-corrected chi connectivity index (χ2v) is 17.4. The zero-order chi connectivity index (χ0) is 39.8. The van der Waals surface area contributed by atoms with Crippen LogP contribution in [0.5, 0.6) is 0 Å². The lowest BCUT2D eigenvalue weighted by atomic mass is 9.83. The predicted molar refractivity (Wildman–Crippen MR) is 200 cm³/mol. The molecule has 2 aliphatic heterocycles. The number of carbonyl (C=O) groups excluding carboxylic acids is 2. The maximum absolute atomic E-state index is 14.5. The van der Waals surface area contributed by atoms with Gasteiger partial charge in [0.15, 0.2) is 0 Å². The van der Waals surface area contributed by atoms with Crippen LogP contribution in [0.3, 0.4) is 0 Å². The molecule has 3 unspecified atom stereocenters. The molecular formula is C39H46F2N6O7S. The van der Waals surface area contributed by atoms with Crippen LogP contribution in [0.4, 0.5) is 13.6 Å². The highest BCUT2D eigenvalue weighted by molar-refractivity contribution is 7.10. The first-order valence-corrected chi connectivity index (χ1v) is 19.1. The van der Waals surface area contributed by atoms with Crippen molar-refractivity contribution in [2.24, 2.45) is 17.3 Å². The number of pyridine rings is 1. The van der Waals surface area contributed by atoms with Gasteiger partial charge in [-0.1, -0.05) is 19.9 Å². The van der Waals surface area contributed by atoms with Crippen molar-refractivity contribution in [2.45, 2.75) is 90.1 Å². The number of carboxylic acids is 1. The van der Waals surface area contributed by atoms with E-state index in [1.165, 1.54) is 11.3 Å². The molecule has 294 valence electrons. The summed E-state index contributed by atoms with van der Waals surface area (Å²) in [6.07, 6.45) is 1.06. The number of nitrogens with zero attached hydrogens (tertiary/aromatic N) is 4. The third kappa shape index (κ3) is 7.09. The van der Waals surface area contributed by atoms with Crippen molar-refractivity contribution < 1.29 is 42.9 Å². The molecule has 2 amide bonds. The molecule has 4 N–H and O–H groups in total. The topological polar surface area (TPSA) is 168 Å². The molecule has 5 heterocycles. The summed E-state index contributed by atoms with van der Waals surface area (Å²) in [5, 5.41) is 26.7. The van der Waals surface area contributed by atoms with Crippen molar-refractivity contribution in [3.63, 3.8) is 0 Å². The summed E-state index contributed by atoms with van der Waals surface area (Å²) in [4.78, 5) is 48.3. The number of thiazole rings is 1. The van der Waals surface area contributed by atoms with E-state index < -0.39 is 65.4 Å². The molecule has 16 heteroatoms. The number of amides is 2. The molecule has 13 nitrogen and oxygen atoms in total. The van der Waals surface area contributed by atoms with E-state index >= 15 is 0 Å². The van der Waals surface area contributed by atoms with Crippen LogP contribution in [0, 0.1) is 17.3 Å². The molecule has 2 fully saturated rings. The number of halogens is 2. The lowest BCUT2D eigenvalue weighted by Gasteiger charge is -2.33. The molecule has 7 rings (SSSR count). The average Bonchev–Trinajstić information content (AvgIpc) is 3.40. The normalized spacial score (nSPS) is 23.4. The van der Waals surface area contributed by atoms with Crippen LogP contribution in [0.25, 0.3) is 33.4 Å². The van der Waals surface area contributed by atoms with Gasteiger partial charge in [-0.05, 0) is 69.4 Å². The van der Waals surface area contributed by atoms with E-state index in [0.717, 1.165) is 44.0 Å². The highest BCUT2D eigenvalue weighted by atomic mass is 32.1. The highest BCUT2D eigenvalue weighted by Gasteiger charge is 2.74. The van der Waals surface area contributed by atoms with E-state index in [9.17, 15) is 33.4 Å². The Labute approximate surface area is 321 Å². The van der Waals surface area contributed by atoms with Crippen LogP contribution >= 0.6 is 11.3 Å². The Morgan fingerprint density at radius 3 is 2.60 bits per heavy atom. The van der Waals surface area contributed by atoms with Crippen molar-refractivity contribution in [1.29, 1.82) is 0 Å². The fourth-order valence-corrected chi connectivity index (χ4v) is 8.85. The molecule has 4 aromatic rings. The number of benzene rings is 1. The summed E-state index contributed by atoms with van der Waals surface area (Å²) in [5.41, 5.74) is 7.46. The summed E-state index contributed by atoms with van der Waals surface area (Å²) in [5.74, 6) is -8.26. The Morgan fingerprint density at radius 2 is 1.93 bits per heavy atom. The zero-order valence-corrected chi connectivity index (χ0v) is 32.5. The maximum Gasteiger partial charge on any atom is 0.408 e. The fraction of sp³-hybridized carbons (Fsp3) is 0.513. The van der Waals surface area contributed by atoms with E-state index in [1.54, 1.807) is 34.1 Å². The monoisotopic (exact) mass is 780 g/mol. The van der Waals surface area contributed by atoms with Crippen LogP contribution in [-0.2, 0) is 31.9 Å². The predicted octanol–water partition coefficient (Wildman–Crippen LogP) is 5.77. The van der Waals surface area contributed by atoms with Crippen molar-refractivity contribution in [1.82, 2.24) is 30.3 Å². The minimum Gasteiger partial charge on any atom is -0.480 e. The van der Waals surface area contributed by atoms with Gasteiger partial charge in [-0.2, -0.15) is 0 Å². The number of aliphatic hydroxyl groups is 1. The van der Waals surface area contributed by atoms with Gasteiger partial charge in [0.2, 0.25) is 0 Å². The van der Waals surface area contributed by atoms with Gasteiger partial charge in [-0.15, -0.1) is 11.3 Å². The number of hydrazine groups is 1. The Kier molecular flexibility index (Phi) is 9.80. The molecule has 6 atom stereocenters. The van der Waals surface area contributed by atoms with Gasteiger partial charge in [0.1, 0.15) is 23.8 Å². The second kappa shape index (κ2) is 13.9. The molecule has 1 aliphatic carbocycles.